The van der Waals surface area contributed by atoms with Crippen LogP contribution in [-0.4, -0.2) is 70.9 Å². The first-order valence-corrected chi connectivity index (χ1v) is 8.66. The Morgan fingerprint density at radius 3 is 2.52 bits per heavy atom. The van der Waals surface area contributed by atoms with Crippen molar-refractivity contribution in [3.63, 3.8) is 0 Å². The Hall–Kier alpha value is -2.55. The zero-order valence-electron chi connectivity index (χ0n) is 14.4. The number of thiazole rings is 1. The van der Waals surface area contributed by atoms with Gasteiger partial charge < -0.3 is 14.5 Å². The first kappa shape index (κ1) is 17.3. The molecule has 25 heavy (non-hydrogen) atoms. The highest BCUT2D eigenvalue weighted by atomic mass is 32.1. The van der Waals surface area contributed by atoms with Gasteiger partial charge in [-0.1, -0.05) is 0 Å². The van der Waals surface area contributed by atoms with Crippen molar-refractivity contribution < 1.29 is 14.3 Å². The van der Waals surface area contributed by atoms with E-state index < -0.39 is 0 Å². The first-order chi connectivity index (χ1) is 12.0. The Balaban J connectivity index is 1.70. The summed E-state index contributed by atoms with van der Waals surface area (Å²) in [5.41, 5.74) is 0.904. The molecule has 0 radical (unpaired) electrons. The third kappa shape index (κ3) is 3.60. The Labute approximate surface area is 149 Å². The topological polar surface area (TPSA) is 88.5 Å². The number of nitrogens with zero attached hydrogens (tertiary/aromatic N) is 5. The molecule has 1 aliphatic heterocycles. The average molecular weight is 361 g/mol. The Morgan fingerprint density at radius 1 is 1.20 bits per heavy atom. The number of hydrogen-bond acceptors (Lipinski definition) is 7. The Kier molecular flexibility index (Phi) is 4.93. The molecule has 0 atom stereocenters. The van der Waals surface area contributed by atoms with Crippen molar-refractivity contribution >= 4 is 23.2 Å². The highest BCUT2D eigenvalue weighted by molar-refractivity contribution is 7.13. The quantitative estimate of drug-likeness (QED) is 0.806. The van der Waals surface area contributed by atoms with E-state index in [2.05, 4.69) is 15.0 Å². The van der Waals surface area contributed by atoms with Gasteiger partial charge in [-0.3, -0.25) is 9.59 Å². The molecule has 8 nitrogen and oxygen atoms in total. The molecule has 0 N–H and O–H groups in total. The van der Waals surface area contributed by atoms with Crippen LogP contribution in [-0.2, 0) is 12.8 Å². The van der Waals surface area contributed by atoms with Gasteiger partial charge in [-0.2, -0.15) is 0 Å². The minimum Gasteiger partial charge on any atom is -0.494 e. The van der Waals surface area contributed by atoms with E-state index in [-0.39, 0.29) is 17.6 Å². The normalized spacial score (nSPS) is 13.8. The summed E-state index contributed by atoms with van der Waals surface area (Å²) >= 11 is 1.41. The van der Waals surface area contributed by atoms with Crippen LogP contribution in [0.3, 0.4) is 0 Å². The van der Waals surface area contributed by atoms with Gasteiger partial charge in [0.1, 0.15) is 0 Å². The van der Waals surface area contributed by atoms with Crippen LogP contribution >= 0.6 is 11.3 Å². The van der Waals surface area contributed by atoms with Crippen LogP contribution in [0.5, 0.6) is 5.75 Å². The maximum atomic E-state index is 12.6. The lowest BCUT2D eigenvalue weighted by atomic mass is 10.2. The number of carbonyl (C=O) groups excluding carboxylic acids is 2. The molecule has 3 heterocycles. The molecule has 0 spiro atoms. The number of hydrogen-bond donors (Lipinski definition) is 0. The summed E-state index contributed by atoms with van der Waals surface area (Å²) in [4.78, 5) is 41.5. The molecule has 3 rings (SSSR count). The Morgan fingerprint density at radius 2 is 1.88 bits per heavy atom. The fourth-order valence-electron chi connectivity index (χ4n) is 2.52. The van der Waals surface area contributed by atoms with Gasteiger partial charge >= 0.3 is 0 Å². The van der Waals surface area contributed by atoms with Crippen LogP contribution < -0.4 is 4.74 Å². The van der Waals surface area contributed by atoms with Crippen LogP contribution in [0.15, 0.2) is 12.4 Å². The van der Waals surface area contributed by atoms with E-state index >= 15 is 0 Å². The van der Waals surface area contributed by atoms with E-state index in [1.807, 2.05) is 0 Å². The second kappa shape index (κ2) is 7.14. The molecule has 1 aliphatic rings. The fourth-order valence-corrected chi connectivity index (χ4v) is 3.64. The van der Waals surface area contributed by atoms with E-state index in [9.17, 15) is 9.59 Å². The molecule has 2 aromatic rings. The van der Waals surface area contributed by atoms with Crippen LogP contribution in [0.2, 0.25) is 0 Å². The third-order valence-electron chi connectivity index (χ3n) is 3.94. The van der Waals surface area contributed by atoms with Gasteiger partial charge in [-0.05, 0) is 0 Å². The molecule has 2 amide bonds. The highest BCUT2D eigenvalue weighted by Crippen LogP contribution is 2.24. The molecule has 0 fully saturated rings. The molecule has 9 heteroatoms. The molecule has 0 saturated heterocycles. The van der Waals surface area contributed by atoms with Gasteiger partial charge in [0.15, 0.2) is 10.8 Å². The number of fused-ring (bicyclic) bond motifs is 1. The molecule has 0 saturated carbocycles. The van der Waals surface area contributed by atoms with Crippen LogP contribution in [0.4, 0.5) is 0 Å². The minimum absolute atomic E-state index is 0.0855. The summed E-state index contributed by atoms with van der Waals surface area (Å²) in [6.45, 7) is 1.08. The standard InChI is InChI=1S/C16H19N5O3S/c1-20(2)16(23)14-19-11-4-6-21(7-5-12(11)25-14)15(22)13-17-8-10(24-3)9-18-13/h8-9H,4-7H2,1-3H3. The number of rotatable bonds is 3. The second-order valence-corrected chi connectivity index (χ2v) is 6.91. The average Bonchev–Trinajstić information content (AvgIpc) is 2.93. The molecule has 0 aromatic carbocycles. The van der Waals surface area contributed by atoms with Gasteiger partial charge in [0.05, 0.1) is 25.2 Å². The lowest BCUT2D eigenvalue weighted by molar-refractivity contribution is 0.0749. The number of carbonyl (C=O) groups is 2. The predicted octanol–water partition coefficient (Wildman–Crippen LogP) is 0.884. The molecule has 0 unspecified atom stereocenters. The zero-order valence-corrected chi connectivity index (χ0v) is 15.2. The van der Waals surface area contributed by atoms with Gasteiger partial charge in [0.2, 0.25) is 5.82 Å². The summed E-state index contributed by atoms with van der Waals surface area (Å²) in [7, 11) is 4.95. The smallest absolute Gasteiger partial charge is 0.291 e. The fraction of sp³-hybridized carbons (Fsp3) is 0.438. The minimum atomic E-state index is -0.206. The molecule has 132 valence electrons. The highest BCUT2D eigenvalue weighted by Gasteiger charge is 2.25. The van der Waals surface area contributed by atoms with Gasteiger partial charge in [-0.25, -0.2) is 15.0 Å². The van der Waals surface area contributed by atoms with Crippen molar-refractivity contribution in [1.82, 2.24) is 24.8 Å². The van der Waals surface area contributed by atoms with Crippen molar-refractivity contribution in [1.29, 1.82) is 0 Å². The van der Waals surface area contributed by atoms with E-state index in [4.69, 9.17) is 4.74 Å². The maximum Gasteiger partial charge on any atom is 0.291 e. The number of ether oxygens (including phenoxy) is 1. The largest absolute Gasteiger partial charge is 0.494 e. The molecule has 2 aromatic heterocycles. The van der Waals surface area contributed by atoms with E-state index in [1.165, 1.54) is 35.7 Å². The summed E-state index contributed by atoms with van der Waals surface area (Å²) in [6.07, 6.45) is 4.26. The molecular formula is C16H19N5O3S. The zero-order chi connectivity index (χ0) is 18.0. The maximum absolute atomic E-state index is 12.6. The lowest BCUT2D eigenvalue weighted by Crippen LogP contribution is -2.34. The molecule has 0 bridgehead atoms. The first-order valence-electron chi connectivity index (χ1n) is 7.85. The monoisotopic (exact) mass is 361 g/mol. The second-order valence-electron chi connectivity index (χ2n) is 5.83. The van der Waals surface area contributed by atoms with Crippen LogP contribution in [0.25, 0.3) is 0 Å². The van der Waals surface area contributed by atoms with Crippen LogP contribution in [0, 0.1) is 0 Å². The van der Waals surface area contributed by atoms with Gasteiger partial charge in [-0.15, -0.1) is 11.3 Å². The number of amides is 2. The summed E-state index contributed by atoms with van der Waals surface area (Å²) in [5.74, 6) is 0.374. The van der Waals surface area contributed by atoms with Crippen molar-refractivity contribution in [2.75, 3.05) is 34.3 Å². The van der Waals surface area contributed by atoms with Crippen molar-refractivity contribution in [3.8, 4) is 5.75 Å². The van der Waals surface area contributed by atoms with Crippen molar-refractivity contribution in [3.05, 3.63) is 33.8 Å². The Bertz CT molecular complexity index is 762. The van der Waals surface area contributed by atoms with E-state index in [0.29, 0.717) is 36.7 Å². The predicted molar refractivity (Wildman–Crippen MR) is 92.0 cm³/mol. The van der Waals surface area contributed by atoms with Crippen LogP contribution in [0.1, 0.15) is 31.0 Å². The summed E-state index contributed by atoms with van der Waals surface area (Å²) in [5, 5.41) is 0.508. The van der Waals surface area contributed by atoms with Crippen molar-refractivity contribution in [2.24, 2.45) is 0 Å². The summed E-state index contributed by atoms with van der Waals surface area (Å²) in [6, 6.07) is 0. The molecule has 0 aliphatic carbocycles. The van der Waals surface area contributed by atoms with E-state index in [1.54, 1.807) is 19.0 Å². The number of methoxy groups -OCH3 is 1. The lowest BCUT2D eigenvalue weighted by Gasteiger charge is -2.19. The number of aromatic nitrogens is 3. The third-order valence-corrected chi connectivity index (χ3v) is 5.08. The SMILES string of the molecule is COc1cnc(C(=O)N2CCc3nc(C(=O)N(C)C)sc3CC2)nc1. The summed E-state index contributed by atoms with van der Waals surface area (Å²) < 4.78 is 5.01. The van der Waals surface area contributed by atoms with Gasteiger partial charge in [0, 0.05) is 44.9 Å². The van der Waals surface area contributed by atoms with E-state index in [0.717, 1.165) is 10.6 Å². The van der Waals surface area contributed by atoms with Crippen molar-refractivity contribution in [2.45, 2.75) is 12.8 Å². The molecular weight excluding hydrogens is 342 g/mol. The van der Waals surface area contributed by atoms with Gasteiger partial charge in [0.25, 0.3) is 11.8 Å².